The van der Waals surface area contributed by atoms with Crippen molar-refractivity contribution in [3.8, 4) is 0 Å². The van der Waals surface area contributed by atoms with E-state index < -0.39 is 24.7 Å². The van der Waals surface area contributed by atoms with Crippen LogP contribution >= 0.6 is 12.4 Å². The molecule has 1 fully saturated rings. The van der Waals surface area contributed by atoms with Gasteiger partial charge in [-0.2, -0.15) is 13.2 Å². The second-order valence-corrected chi connectivity index (χ2v) is 5.91. The van der Waals surface area contributed by atoms with Gasteiger partial charge in [0, 0.05) is 50.3 Å². The lowest BCUT2D eigenvalue weighted by atomic mass is 10.1. The molecule has 1 aromatic rings. The van der Waals surface area contributed by atoms with Crippen LogP contribution in [0.15, 0.2) is 24.3 Å². The van der Waals surface area contributed by atoms with E-state index in [-0.39, 0.29) is 36.8 Å². The molecule has 1 aromatic carbocycles. The summed E-state index contributed by atoms with van der Waals surface area (Å²) in [5, 5.41) is 5.37. The lowest BCUT2D eigenvalue weighted by Gasteiger charge is -2.35. The van der Waals surface area contributed by atoms with Crippen LogP contribution in [-0.4, -0.2) is 61.5 Å². The summed E-state index contributed by atoms with van der Waals surface area (Å²) in [5.41, 5.74) is 0.710. The van der Waals surface area contributed by atoms with Crippen molar-refractivity contribution in [3.63, 3.8) is 0 Å². The van der Waals surface area contributed by atoms with E-state index in [1.54, 1.807) is 6.92 Å². The second kappa shape index (κ2) is 9.89. The first-order valence-corrected chi connectivity index (χ1v) is 8.26. The molecule has 0 radical (unpaired) electrons. The molecule has 0 bridgehead atoms. The van der Waals surface area contributed by atoms with Gasteiger partial charge >= 0.3 is 6.18 Å². The Kier molecular flexibility index (Phi) is 8.52. The highest BCUT2D eigenvalue weighted by atomic mass is 35.5. The minimum absolute atomic E-state index is 0. The van der Waals surface area contributed by atoms with Crippen LogP contribution in [0.1, 0.15) is 34.1 Å². The van der Waals surface area contributed by atoms with Gasteiger partial charge in [-0.1, -0.05) is 19.1 Å². The molecule has 1 amide bonds. The summed E-state index contributed by atoms with van der Waals surface area (Å²) < 4.78 is 39.9. The predicted octanol–water partition coefficient (Wildman–Crippen LogP) is 2.27. The molecule has 26 heavy (non-hydrogen) atoms. The molecule has 5 nitrogen and oxygen atoms in total. The van der Waals surface area contributed by atoms with Gasteiger partial charge in [-0.25, -0.2) is 0 Å². The molecular formula is C17H23ClF3N3O2. The molecule has 9 heteroatoms. The molecule has 1 atom stereocenters. The Morgan fingerprint density at radius 3 is 2.19 bits per heavy atom. The van der Waals surface area contributed by atoms with Crippen molar-refractivity contribution in [1.82, 2.24) is 15.5 Å². The van der Waals surface area contributed by atoms with Crippen LogP contribution in [0.4, 0.5) is 13.2 Å². The predicted molar refractivity (Wildman–Crippen MR) is 94.9 cm³/mol. The summed E-state index contributed by atoms with van der Waals surface area (Å²) in [6.45, 7) is 2.79. The van der Waals surface area contributed by atoms with Gasteiger partial charge in [0.1, 0.15) is 6.04 Å². The number of rotatable bonds is 6. The van der Waals surface area contributed by atoms with Crippen molar-refractivity contribution in [2.24, 2.45) is 0 Å². The van der Waals surface area contributed by atoms with E-state index in [1.165, 1.54) is 29.2 Å². The molecule has 1 saturated heterocycles. The Hall–Kier alpha value is -1.64. The highest BCUT2D eigenvalue weighted by Gasteiger charge is 2.43. The summed E-state index contributed by atoms with van der Waals surface area (Å²) in [4.78, 5) is 25.0. The number of hydrogen-bond acceptors (Lipinski definition) is 4. The minimum atomic E-state index is -4.41. The molecular weight excluding hydrogens is 371 g/mol. The van der Waals surface area contributed by atoms with Crippen LogP contribution in [0.3, 0.4) is 0 Å². The number of halogens is 4. The summed E-state index contributed by atoms with van der Waals surface area (Å²) in [6.07, 6.45) is -4.06. The lowest BCUT2D eigenvalue weighted by Crippen LogP contribution is -2.57. The van der Waals surface area contributed by atoms with E-state index in [0.717, 1.165) is 0 Å². The van der Waals surface area contributed by atoms with Gasteiger partial charge in [0.25, 0.3) is 5.91 Å². The monoisotopic (exact) mass is 393 g/mol. The number of carbonyl (C=O) groups excluding carboxylic acids is 2. The van der Waals surface area contributed by atoms with Gasteiger partial charge in [0.15, 0.2) is 5.78 Å². The quantitative estimate of drug-likeness (QED) is 0.728. The number of ketones is 1. The molecule has 1 aliphatic rings. The standard InChI is InChI=1S/C17H22F3N3O2.ClH/c1-2-14(24)12-3-5-13(6-4-12)16(25)22-11-15(17(18,19)20)23-9-7-21-8-10-23;/h3-6,15,21H,2,7-11H2,1H3,(H,22,25);1H. The second-order valence-electron chi connectivity index (χ2n) is 5.91. The molecule has 0 spiro atoms. The number of carbonyl (C=O) groups is 2. The third-order valence-electron chi connectivity index (χ3n) is 4.22. The number of hydrogen-bond donors (Lipinski definition) is 2. The molecule has 1 aliphatic heterocycles. The van der Waals surface area contributed by atoms with Gasteiger partial charge in [-0.15, -0.1) is 12.4 Å². The number of amides is 1. The smallest absolute Gasteiger partial charge is 0.350 e. The van der Waals surface area contributed by atoms with E-state index in [0.29, 0.717) is 25.1 Å². The van der Waals surface area contributed by atoms with E-state index in [4.69, 9.17) is 0 Å². The maximum absolute atomic E-state index is 13.3. The maximum Gasteiger partial charge on any atom is 0.405 e. The van der Waals surface area contributed by atoms with Gasteiger partial charge in [0.05, 0.1) is 0 Å². The summed E-state index contributed by atoms with van der Waals surface area (Å²) >= 11 is 0. The molecule has 1 unspecified atom stereocenters. The largest absolute Gasteiger partial charge is 0.405 e. The Balaban J connectivity index is 0.00000338. The highest BCUT2D eigenvalue weighted by Crippen LogP contribution is 2.24. The molecule has 2 rings (SSSR count). The maximum atomic E-state index is 13.3. The average Bonchev–Trinajstić information content (AvgIpc) is 2.61. The summed E-state index contributed by atoms with van der Waals surface area (Å²) in [5.74, 6) is -0.636. The van der Waals surface area contributed by atoms with Crippen molar-refractivity contribution >= 4 is 24.1 Å². The fraction of sp³-hybridized carbons (Fsp3) is 0.529. The normalized spacial score (nSPS) is 16.5. The SMILES string of the molecule is CCC(=O)c1ccc(C(=O)NCC(N2CCNCC2)C(F)(F)F)cc1.Cl. The fourth-order valence-corrected chi connectivity index (χ4v) is 2.75. The zero-order chi connectivity index (χ0) is 18.4. The number of nitrogens with zero attached hydrogens (tertiary/aromatic N) is 1. The fourth-order valence-electron chi connectivity index (χ4n) is 2.75. The van der Waals surface area contributed by atoms with Crippen LogP contribution in [0.2, 0.25) is 0 Å². The molecule has 1 heterocycles. The number of nitrogens with one attached hydrogen (secondary N) is 2. The third-order valence-corrected chi connectivity index (χ3v) is 4.22. The molecule has 0 saturated carbocycles. The Labute approximate surface area is 156 Å². The first kappa shape index (κ1) is 22.4. The lowest BCUT2D eigenvalue weighted by molar-refractivity contribution is -0.183. The zero-order valence-corrected chi connectivity index (χ0v) is 15.3. The van der Waals surface area contributed by atoms with E-state index >= 15 is 0 Å². The molecule has 0 aromatic heterocycles. The van der Waals surface area contributed by atoms with Crippen molar-refractivity contribution < 1.29 is 22.8 Å². The van der Waals surface area contributed by atoms with Crippen molar-refractivity contribution in [1.29, 1.82) is 0 Å². The Morgan fingerprint density at radius 1 is 1.15 bits per heavy atom. The van der Waals surface area contributed by atoms with Gasteiger partial charge in [-0.3, -0.25) is 14.5 Å². The van der Waals surface area contributed by atoms with Crippen molar-refractivity contribution in [2.45, 2.75) is 25.6 Å². The van der Waals surface area contributed by atoms with E-state index in [9.17, 15) is 22.8 Å². The van der Waals surface area contributed by atoms with Gasteiger partial charge in [-0.05, 0) is 12.1 Å². The third kappa shape index (κ3) is 5.96. The van der Waals surface area contributed by atoms with Crippen molar-refractivity contribution in [3.05, 3.63) is 35.4 Å². The minimum Gasteiger partial charge on any atom is -0.350 e. The zero-order valence-electron chi connectivity index (χ0n) is 14.4. The number of Topliss-reactive ketones (excluding diaryl/α,β-unsaturated/α-hetero) is 1. The van der Waals surface area contributed by atoms with Crippen LogP contribution < -0.4 is 10.6 Å². The van der Waals surface area contributed by atoms with Crippen LogP contribution in [0.5, 0.6) is 0 Å². The average molecular weight is 394 g/mol. The van der Waals surface area contributed by atoms with Gasteiger partial charge in [0.2, 0.25) is 0 Å². The summed E-state index contributed by atoms with van der Waals surface area (Å²) in [6, 6.07) is 4.22. The first-order valence-electron chi connectivity index (χ1n) is 8.26. The topological polar surface area (TPSA) is 61.4 Å². The van der Waals surface area contributed by atoms with Crippen LogP contribution in [-0.2, 0) is 0 Å². The van der Waals surface area contributed by atoms with E-state index in [2.05, 4.69) is 10.6 Å². The number of piperazine rings is 1. The molecule has 146 valence electrons. The van der Waals surface area contributed by atoms with Crippen molar-refractivity contribution in [2.75, 3.05) is 32.7 Å². The summed E-state index contributed by atoms with van der Waals surface area (Å²) in [7, 11) is 0. The van der Waals surface area contributed by atoms with E-state index in [1.807, 2.05) is 0 Å². The van der Waals surface area contributed by atoms with Crippen LogP contribution in [0, 0.1) is 0 Å². The molecule has 0 aliphatic carbocycles. The molecule has 2 N–H and O–H groups in total. The number of alkyl halides is 3. The Bertz CT molecular complexity index is 602. The highest BCUT2D eigenvalue weighted by molar-refractivity contribution is 5.98. The Morgan fingerprint density at radius 2 is 1.69 bits per heavy atom. The number of benzene rings is 1. The van der Waals surface area contributed by atoms with Crippen LogP contribution in [0.25, 0.3) is 0 Å². The first-order chi connectivity index (χ1) is 11.8. The van der Waals surface area contributed by atoms with Gasteiger partial charge < -0.3 is 10.6 Å².